The average Bonchev–Trinajstić information content (AvgIpc) is 2.46. The topological polar surface area (TPSA) is 37.3 Å². The van der Waals surface area contributed by atoms with Gasteiger partial charge in [-0.3, -0.25) is 4.79 Å². The molecular formula is C17H16O2. The first-order chi connectivity index (χ1) is 9.16. The van der Waals surface area contributed by atoms with E-state index in [2.05, 4.69) is 0 Å². The number of carbonyl (C=O) groups is 1. The molecule has 0 aliphatic rings. The van der Waals surface area contributed by atoms with Crippen LogP contribution in [0.3, 0.4) is 0 Å². The SMILES string of the molecule is CC(O)/C=C/c1ccc(C(=O)c2ccccc2)cc1. The van der Waals surface area contributed by atoms with E-state index in [0.717, 1.165) is 5.56 Å². The van der Waals surface area contributed by atoms with Gasteiger partial charge < -0.3 is 5.11 Å². The smallest absolute Gasteiger partial charge is 0.193 e. The van der Waals surface area contributed by atoms with Gasteiger partial charge in [-0.25, -0.2) is 0 Å². The third-order valence-electron chi connectivity index (χ3n) is 2.78. The predicted octanol–water partition coefficient (Wildman–Crippen LogP) is 3.31. The third kappa shape index (κ3) is 3.63. The summed E-state index contributed by atoms with van der Waals surface area (Å²) in [6.07, 6.45) is 3.07. The molecule has 2 aromatic rings. The zero-order valence-corrected chi connectivity index (χ0v) is 10.8. The number of carbonyl (C=O) groups excluding carboxylic acids is 1. The highest BCUT2D eigenvalue weighted by molar-refractivity contribution is 6.09. The Hall–Kier alpha value is -2.19. The summed E-state index contributed by atoms with van der Waals surface area (Å²) < 4.78 is 0. The highest BCUT2D eigenvalue weighted by Gasteiger charge is 2.07. The van der Waals surface area contributed by atoms with Gasteiger partial charge in [0.15, 0.2) is 5.78 Å². The number of hydrogen-bond acceptors (Lipinski definition) is 2. The van der Waals surface area contributed by atoms with E-state index in [4.69, 9.17) is 5.11 Å². The molecule has 0 saturated carbocycles. The van der Waals surface area contributed by atoms with E-state index in [1.807, 2.05) is 48.5 Å². The molecule has 1 unspecified atom stereocenters. The van der Waals surface area contributed by atoms with E-state index in [0.29, 0.717) is 11.1 Å². The standard InChI is InChI=1S/C17H16O2/c1-13(18)7-8-14-9-11-16(12-10-14)17(19)15-5-3-2-4-6-15/h2-13,18H,1H3/b8-7+. The van der Waals surface area contributed by atoms with E-state index in [1.54, 1.807) is 25.1 Å². The molecule has 0 bridgehead atoms. The highest BCUT2D eigenvalue weighted by Crippen LogP contribution is 2.12. The van der Waals surface area contributed by atoms with E-state index in [9.17, 15) is 4.79 Å². The Morgan fingerprint density at radius 1 is 1.00 bits per heavy atom. The zero-order chi connectivity index (χ0) is 13.7. The summed E-state index contributed by atoms with van der Waals surface area (Å²) in [6, 6.07) is 16.6. The molecule has 2 nitrogen and oxygen atoms in total. The minimum absolute atomic E-state index is 0.0201. The molecule has 2 rings (SSSR count). The average molecular weight is 252 g/mol. The number of ketones is 1. The minimum Gasteiger partial charge on any atom is -0.389 e. The zero-order valence-electron chi connectivity index (χ0n) is 10.8. The van der Waals surface area contributed by atoms with Gasteiger partial charge in [0.1, 0.15) is 0 Å². The van der Waals surface area contributed by atoms with Crippen LogP contribution < -0.4 is 0 Å². The summed E-state index contributed by atoms with van der Waals surface area (Å²) in [6.45, 7) is 1.70. The first-order valence-corrected chi connectivity index (χ1v) is 6.23. The largest absolute Gasteiger partial charge is 0.389 e. The fourth-order valence-electron chi connectivity index (χ4n) is 1.75. The molecule has 0 saturated heterocycles. The number of rotatable bonds is 4. The summed E-state index contributed by atoms with van der Waals surface area (Å²) >= 11 is 0. The van der Waals surface area contributed by atoms with Crippen LogP contribution in [-0.4, -0.2) is 17.0 Å². The minimum atomic E-state index is -0.467. The molecule has 96 valence electrons. The Balaban J connectivity index is 2.17. The summed E-state index contributed by atoms with van der Waals surface area (Å²) in [5.74, 6) is 0.0201. The third-order valence-corrected chi connectivity index (χ3v) is 2.78. The quantitative estimate of drug-likeness (QED) is 0.848. The van der Waals surface area contributed by atoms with Crippen molar-refractivity contribution in [2.45, 2.75) is 13.0 Å². The van der Waals surface area contributed by atoms with E-state index in [1.165, 1.54) is 0 Å². The van der Waals surface area contributed by atoms with Gasteiger partial charge in [-0.15, -0.1) is 0 Å². The van der Waals surface area contributed by atoms with Crippen molar-refractivity contribution in [2.24, 2.45) is 0 Å². The highest BCUT2D eigenvalue weighted by atomic mass is 16.3. The predicted molar refractivity (Wildman–Crippen MR) is 77.0 cm³/mol. The molecule has 1 atom stereocenters. The number of hydrogen-bond donors (Lipinski definition) is 1. The number of aliphatic hydroxyl groups is 1. The molecule has 0 aromatic heterocycles. The normalized spacial score (nSPS) is 12.5. The summed E-state index contributed by atoms with van der Waals surface area (Å²) in [5.41, 5.74) is 2.32. The maximum Gasteiger partial charge on any atom is 0.193 e. The fraction of sp³-hybridized carbons (Fsp3) is 0.118. The first kappa shape index (κ1) is 13.2. The van der Waals surface area contributed by atoms with Crippen LogP contribution in [0.2, 0.25) is 0 Å². The van der Waals surface area contributed by atoms with Crippen LogP contribution in [-0.2, 0) is 0 Å². The van der Waals surface area contributed by atoms with Crippen molar-refractivity contribution in [1.82, 2.24) is 0 Å². The molecule has 0 amide bonds. The van der Waals surface area contributed by atoms with Gasteiger partial charge in [-0.2, -0.15) is 0 Å². The second kappa shape index (κ2) is 6.12. The Morgan fingerprint density at radius 3 is 2.16 bits per heavy atom. The Labute approximate surface area is 113 Å². The van der Waals surface area contributed by atoms with E-state index in [-0.39, 0.29) is 5.78 Å². The fourth-order valence-corrected chi connectivity index (χ4v) is 1.75. The van der Waals surface area contributed by atoms with Crippen LogP contribution >= 0.6 is 0 Å². The van der Waals surface area contributed by atoms with Crippen LogP contribution in [0, 0.1) is 0 Å². The number of benzene rings is 2. The van der Waals surface area contributed by atoms with Crippen LogP contribution in [0.1, 0.15) is 28.4 Å². The second-order valence-corrected chi connectivity index (χ2v) is 4.42. The van der Waals surface area contributed by atoms with Crippen molar-refractivity contribution in [1.29, 1.82) is 0 Å². The molecule has 2 aromatic carbocycles. The molecule has 0 aliphatic heterocycles. The second-order valence-electron chi connectivity index (χ2n) is 4.42. The molecule has 0 fully saturated rings. The Bertz CT molecular complexity index is 566. The Kier molecular flexibility index (Phi) is 4.26. The molecule has 0 radical (unpaired) electrons. The van der Waals surface area contributed by atoms with Crippen molar-refractivity contribution in [3.05, 3.63) is 77.4 Å². The molecule has 0 spiro atoms. The van der Waals surface area contributed by atoms with E-state index >= 15 is 0 Å². The van der Waals surface area contributed by atoms with Crippen LogP contribution in [0.5, 0.6) is 0 Å². The van der Waals surface area contributed by atoms with Gasteiger partial charge in [0.25, 0.3) is 0 Å². The first-order valence-electron chi connectivity index (χ1n) is 6.23. The van der Waals surface area contributed by atoms with Crippen molar-refractivity contribution < 1.29 is 9.90 Å². The lowest BCUT2D eigenvalue weighted by Crippen LogP contribution is -2.00. The van der Waals surface area contributed by atoms with Gasteiger partial charge in [-0.1, -0.05) is 66.7 Å². The van der Waals surface area contributed by atoms with Crippen LogP contribution in [0.15, 0.2) is 60.7 Å². The molecule has 1 N–H and O–H groups in total. The van der Waals surface area contributed by atoms with E-state index < -0.39 is 6.10 Å². The van der Waals surface area contributed by atoms with Gasteiger partial charge in [0, 0.05) is 11.1 Å². The maximum absolute atomic E-state index is 12.2. The summed E-state index contributed by atoms with van der Waals surface area (Å²) in [4.78, 5) is 12.2. The molecule has 0 heterocycles. The Morgan fingerprint density at radius 2 is 1.58 bits per heavy atom. The van der Waals surface area contributed by atoms with Crippen molar-refractivity contribution >= 4 is 11.9 Å². The van der Waals surface area contributed by atoms with Crippen LogP contribution in [0.25, 0.3) is 6.08 Å². The van der Waals surface area contributed by atoms with Crippen LogP contribution in [0.4, 0.5) is 0 Å². The van der Waals surface area contributed by atoms with Gasteiger partial charge in [-0.05, 0) is 12.5 Å². The lowest BCUT2D eigenvalue weighted by molar-refractivity contribution is 0.103. The molecule has 2 heteroatoms. The van der Waals surface area contributed by atoms with Crippen molar-refractivity contribution in [2.75, 3.05) is 0 Å². The maximum atomic E-state index is 12.2. The molecule has 0 aliphatic carbocycles. The lowest BCUT2D eigenvalue weighted by atomic mass is 10.0. The van der Waals surface area contributed by atoms with Crippen molar-refractivity contribution in [3.8, 4) is 0 Å². The molecule has 19 heavy (non-hydrogen) atoms. The lowest BCUT2D eigenvalue weighted by Gasteiger charge is -2.02. The molecular weight excluding hydrogens is 236 g/mol. The van der Waals surface area contributed by atoms with Gasteiger partial charge >= 0.3 is 0 Å². The van der Waals surface area contributed by atoms with Crippen molar-refractivity contribution in [3.63, 3.8) is 0 Å². The van der Waals surface area contributed by atoms with Gasteiger partial charge in [0.2, 0.25) is 0 Å². The monoisotopic (exact) mass is 252 g/mol. The summed E-state index contributed by atoms with van der Waals surface area (Å²) in [7, 11) is 0. The van der Waals surface area contributed by atoms with Gasteiger partial charge in [0.05, 0.1) is 6.10 Å². The number of aliphatic hydroxyl groups excluding tert-OH is 1. The summed E-state index contributed by atoms with van der Waals surface area (Å²) in [5, 5.41) is 9.16.